The lowest BCUT2D eigenvalue weighted by Crippen LogP contribution is -2.54. The van der Waals surface area contributed by atoms with Gasteiger partial charge >= 0.3 is 6.03 Å². The largest absolute Gasteiger partial charge is 0.490 e. The molecule has 1 fully saturated rings. The summed E-state index contributed by atoms with van der Waals surface area (Å²) in [6.45, 7) is 7.96. The fraction of sp³-hybridized carbons (Fsp3) is 0.261. The molecule has 0 radical (unpaired) electrons. The van der Waals surface area contributed by atoms with E-state index in [-0.39, 0.29) is 11.7 Å². The van der Waals surface area contributed by atoms with E-state index in [1.807, 2.05) is 33.8 Å². The smallest absolute Gasteiger partial charge is 0.335 e. The second-order valence-electron chi connectivity index (χ2n) is 7.10. The highest BCUT2D eigenvalue weighted by Gasteiger charge is 2.36. The van der Waals surface area contributed by atoms with Crippen molar-refractivity contribution in [1.82, 2.24) is 5.32 Å². The predicted molar refractivity (Wildman–Crippen MR) is 114 cm³/mol. The fourth-order valence-corrected chi connectivity index (χ4v) is 3.06. The molecule has 2 aromatic carbocycles. The van der Waals surface area contributed by atoms with E-state index >= 15 is 0 Å². The number of hydrogen-bond acceptors (Lipinski definition) is 5. The van der Waals surface area contributed by atoms with Gasteiger partial charge in [0.2, 0.25) is 0 Å². The summed E-state index contributed by atoms with van der Waals surface area (Å²) in [5.41, 5.74) is 1.71. The maximum Gasteiger partial charge on any atom is 0.335 e. The van der Waals surface area contributed by atoms with Crippen LogP contribution in [0.4, 0.5) is 10.5 Å². The molecule has 1 aliphatic rings. The molecule has 30 heavy (non-hydrogen) atoms. The third-order valence-corrected chi connectivity index (χ3v) is 4.30. The third-order valence-electron chi connectivity index (χ3n) is 4.30. The van der Waals surface area contributed by atoms with Crippen LogP contribution in [0, 0.1) is 6.92 Å². The molecule has 1 saturated heterocycles. The van der Waals surface area contributed by atoms with E-state index in [1.165, 1.54) is 6.08 Å². The van der Waals surface area contributed by atoms with Gasteiger partial charge in [-0.2, -0.15) is 0 Å². The molecule has 4 amide bonds. The van der Waals surface area contributed by atoms with Crippen molar-refractivity contribution in [3.8, 4) is 11.5 Å². The highest BCUT2D eigenvalue weighted by atomic mass is 16.5. The normalized spacial score (nSPS) is 15.6. The summed E-state index contributed by atoms with van der Waals surface area (Å²) in [5.74, 6) is -0.343. The monoisotopic (exact) mass is 408 g/mol. The summed E-state index contributed by atoms with van der Waals surface area (Å²) in [6, 6.07) is 11.3. The molecular formula is C23H24N2O5. The summed E-state index contributed by atoms with van der Waals surface area (Å²) in [7, 11) is 0. The summed E-state index contributed by atoms with van der Waals surface area (Å²) < 4.78 is 11.4. The summed E-state index contributed by atoms with van der Waals surface area (Å²) in [4.78, 5) is 38.7. The fourth-order valence-electron chi connectivity index (χ4n) is 3.06. The number of rotatable bonds is 6. The Labute approximate surface area is 175 Å². The molecule has 0 atom stereocenters. The van der Waals surface area contributed by atoms with Crippen LogP contribution >= 0.6 is 0 Å². The minimum Gasteiger partial charge on any atom is -0.490 e. The molecule has 156 valence electrons. The quantitative estimate of drug-likeness (QED) is 0.580. The molecular weight excluding hydrogens is 384 g/mol. The number of hydrogen-bond donors (Lipinski definition) is 1. The van der Waals surface area contributed by atoms with E-state index in [4.69, 9.17) is 9.47 Å². The minimum atomic E-state index is -0.775. The molecule has 0 bridgehead atoms. The Hall–Kier alpha value is -3.61. The number of ether oxygens (including phenoxy) is 2. The standard InChI is InChI=1S/C23H24N2O5/c1-5-29-20-13-16(9-10-19(20)30-14(2)3)12-18-21(26)24-23(28)25(22(18)27)17-8-6-7-15(4)11-17/h6-14H,5H2,1-4H3,(H,24,26,28)/b18-12+. The molecule has 0 spiro atoms. The van der Waals surface area contributed by atoms with Gasteiger partial charge in [-0.1, -0.05) is 18.2 Å². The van der Waals surface area contributed by atoms with Crippen molar-refractivity contribution in [1.29, 1.82) is 0 Å². The van der Waals surface area contributed by atoms with E-state index in [2.05, 4.69) is 5.32 Å². The van der Waals surface area contributed by atoms with Crippen LogP contribution in [0.15, 0.2) is 48.0 Å². The first kappa shape index (κ1) is 21.1. The van der Waals surface area contributed by atoms with Gasteiger partial charge in [0.05, 0.1) is 18.4 Å². The van der Waals surface area contributed by atoms with E-state index in [1.54, 1.807) is 36.4 Å². The Morgan fingerprint density at radius 2 is 1.83 bits per heavy atom. The Kier molecular flexibility index (Phi) is 6.20. The number of carbonyl (C=O) groups excluding carboxylic acids is 3. The maximum absolute atomic E-state index is 13.0. The molecule has 7 nitrogen and oxygen atoms in total. The van der Waals surface area contributed by atoms with Crippen LogP contribution in [0.3, 0.4) is 0 Å². The Morgan fingerprint density at radius 1 is 1.07 bits per heavy atom. The van der Waals surface area contributed by atoms with E-state index in [9.17, 15) is 14.4 Å². The van der Waals surface area contributed by atoms with Gasteiger partial charge in [-0.05, 0) is 69.2 Å². The minimum absolute atomic E-state index is 0.0342. The topological polar surface area (TPSA) is 84.9 Å². The third kappa shape index (κ3) is 4.51. The molecule has 3 rings (SSSR count). The zero-order valence-corrected chi connectivity index (χ0v) is 17.4. The van der Waals surface area contributed by atoms with Gasteiger partial charge in [0.25, 0.3) is 11.8 Å². The lowest BCUT2D eigenvalue weighted by Gasteiger charge is -2.26. The van der Waals surface area contributed by atoms with Crippen molar-refractivity contribution in [2.45, 2.75) is 33.8 Å². The highest BCUT2D eigenvalue weighted by Crippen LogP contribution is 2.31. The number of aryl methyl sites for hydroxylation is 1. The number of carbonyl (C=O) groups is 3. The van der Waals surface area contributed by atoms with Gasteiger partial charge in [0.1, 0.15) is 5.57 Å². The lowest BCUT2D eigenvalue weighted by molar-refractivity contribution is -0.122. The first-order chi connectivity index (χ1) is 14.3. The van der Waals surface area contributed by atoms with Crippen molar-refractivity contribution in [2.75, 3.05) is 11.5 Å². The van der Waals surface area contributed by atoms with Crippen LogP contribution in [0.5, 0.6) is 11.5 Å². The Bertz CT molecular complexity index is 1030. The number of nitrogens with zero attached hydrogens (tertiary/aromatic N) is 1. The number of nitrogens with one attached hydrogen (secondary N) is 1. The van der Waals surface area contributed by atoms with Crippen LogP contribution in [0.25, 0.3) is 6.08 Å². The van der Waals surface area contributed by atoms with E-state index < -0.39 is 17.8 Å². The zero-order chi connectivity index (χ0) is 21.8. The van der Waals surface area contributed by atoms with Gasteiger partial charge in [0.15, 0.2) is 11.5 Å². The molecule has 0 saturated carbocycles. The van der Waals surface area contributed by atoms with Crippen molar-refractivity contribution in [3.05, 3.63) is 59.2 Å². The number of barbiturate groups is 1. The van der Waals surface area contributed by atoms with Crippen molar-refractivity contribution < 1.29 is 23.9 Å². The first-order valence-electron chi connectivity index (χ1n) is 9.71. The molecule has 0 aliphatic carbocycles. The van der Waals surface area contributed by atoms with Crippen LogP contribution < -0.4 is 19.7 Å². The maximum atomic E-state index is 13.0. The number of amides is 4. The summed E-state index contributed by atoms with van der Waals surface area (Å²) in [6.07, 6.45) is 1.40. The van der Waals surface area contributed by atoms with Crippen LogP contribution in [0.2, 0.25) is 0 Å². The average molecular weight is 408 g/mol. The number of anilines is 1. The van der Waals surface area contributed by atoms with Gasteiger partial charge in [-0.25, -0.2) is 9.69 Å². The highest BCUT2D eigenvalue weighted by molar-refractivity contribution is 6.39. The van der Waals surface area contributed by atoms with Crippen LogP contribution in [-0.4, -0.2) is 30.6 Å². The number of imide groups is 2. The SMILES string of the molecule is CCOc1cc(/C=C2\C(=O)NC(=O)N(c3cccc(C)c3)C2=O)ccc1OC(C)C. The van der Waals surface area contributed by atoms with Gasteiger partial charge in [-0.3, -0.25) is 14.9 Å². The second kappa shape index (κ2) is 8.82. The molecule has 1 N–H and O–H groups in total. The van der Waals surface area contributed by atoms with E-state index in [0.29, 0.717) is 29.4 Å². The predicted octanol–water partition coefficient (Wildman–Crippen LogP) is 3.85. The molecule has 2 aromatic rings. The van der Waals surface area contributed by atoms with Gasteiger partial charge < -0.3 is 9.47 Å². The van der Waals surface area contributed by atoms with Crippen molar-refractivity contribution in [2.24, 2.45) is 0 Å². The molecule has 0 aromatic heterocycles. The summed E-state index contributed by atoms with van der Waals surface area (Å²) >= 11 is 0. The van der Waals surface area contributed by atoms with Gasteiger partial charge in [0, 0.05) is 0 Å². The van der Waals surface area contributed by atoms with E-state index in [0.717, 1.165) is 10.5 Å². The van der Waals surface area contributed by atoms with Crippen molar-refractivity contribution >= 4 is 29.6 Å². The lowest BCUT2D eigenvalue weighted by atomic mass is 10.1. The van der Waals surface area contributed by atoms with Crippen LogP contribution in [0.1, 0.15) is 31.9 Å². The summed E-state index contributed by atoms with van der Waals surface area (Å²) in [5, 5.41) is 2.23. The van der Waals surface area contributed by atoms with Crippen LogP contribution in [-0.2, 0) is 9.59 Å². The average Bonchev–Trinajstić information content (AvgIpc) is 2.67. The first-order valence-corrected chi connectivity index (χ1v) is 9.71. The molecule has 1 heterocycles. The number of benzene rings is 2. The molecule has 0 unspecified atom stereocenters. The van der Waals surface area contributed by atoms with Crippen molar-refractivity contribution in [3.63, 3.8) is 0 Å². The Balaban J connectivity index is 1.99. The van der Waals surface area contributed by atoms with Gasteiger partial charge in [-0.15, -0.1) is 0 Å². The molecule has 7 heteroatoms. The zero-order valence-electron chi connectivity index (χ0n) is 17.4. The number of urea groups is 1. The molecule has 1 aliphatic heterocycles. The Morgan fingerprint density at radius 3 is 2.50 bits per heavy atom. The second-order valence-corrected chi connectivity index (χ2v) is 7.10.